The number of rotatable bonds is 5. The first-order valence-electron chi connectivity index (χ1n) is 27.1. The van der Waals surface area contributed by atoms with Gasteiger partial charge >= 0.3 is 0 Å². The first kappa shape index (κ1) is 80.9. The molecule has 0 fully saturated rings. The number of nitrogen functional groups attached to an aromatic ring is 1. The minimum atomic E-state index is -1.44. The molecule has 0 radical (unpaired) electrons. The smallest absolute Gasteiger partial charge is 0.270 e. The minimum Gasteiger partial charge on any atom is -0.399 e. The highest BCUT2D eigenvalue weighted by atomic mass is 79.9. The Balaban J connectivity index is -0.000000437. The van der Waals surface area contributed by atoms with E-state index in [0.717, 1.165) is 67.6 Å². The topological polar surface area (TPSA) is 252 Å². The van der Waals surface area contributed by atoms with Crippen molar-refractivity contribution in [2.45, 2.75) is 123 Å². The molecule has 0 aliphatic heterocycles. The Hall–Kier alpha value is -8.61. The van der Waals surface area contributed by atoms with Gasteiger partial charge in [-0.3, -0.25) is 50.6 Å². The maximum Gasteiger partial charge on any atom is 0.270 e. The summed E-state index contributed by atoms with van der Waals surface area (Å²) < 4.78 is 16.9. The van der Waals surface area contributed by atoms with Crippen LogP contribution < -0.4 is 5.73 Å². The van der Waals surface area contributed by atoms with E-state index in [2.05, 4.69) is 57.7 Å². The molecule has 2 aromatic heterocycles. The maximum absolute atomic E-state index is 12.1. The van der Waals surface area contributed by atoms with Crippen LogP contribution in [0.1, 0.15) is 105 Å². The number of halogens is 2. The van der Waals surface area contributed by atoms with Gasteiger partial charge in [0.2, 0.25) is 0 Å². The number of nitro groups is 5. The van der Waals surface area contributed by atoms with Gasteiger partial charge in [0.15, 0.2) is 0 Å². The molecule has 18 nitrogen and oxygen atoms in total. The number of aryl methyl sites for hydroxylation is 5. The van der Waals surface area contributed by atoms with Crippen molar-refractivity contribution < 1.29 is 29.0 Å². The van der Waals surface area contributed by atoms with Gasteiger partial charge in [-0.15, -0.1) is 5.54 Å². The molecule has 0 aliphatic rings. The number of fused-ring (bicyclic) bond motifs is 2. The van der Waals surface area contributed by atoms with E-state index in [9.17, 15) is 55.0 Å². The molecule has 0 saturated heterocycles. The van der Waals surface area contributed by atoms with Crippen molar-refractivity contribution in [3.8, 4) is 11.5 Å². The highest BCUT2D eigenvalue weighted by Crippen LogP contribution is 2.23. The molecule has 0 saturated carbocycles. The monoisotopic (exact) mass is 1230 g/mol. The quantitative estimate of drug-likeness (QED) is 0.0557. The van der Waals surface area contributed by atoms with Crippen LogP contribution in [0.4, 0.5) is 38.5 Å². The van der Waals surface area contributed by atoms with E-state index in [1.807, 2.05) is 159 Å². The van der Waals surface area contributed by atoms with Gasteiger partial charge in [-0.25, -0.2) is 4.39 Å². The number of aromatic nitrogens is 2. The normalized spacial score (nSPS) is 9.04. The Kier molecular flexibility index (Phi) is 43.9. The van der Waals surface area contributed by atoms with Crippen LogP contribution in [0.5, 0.6) is 0 Å². The summed E-state index contributed by atoms with van der Waals surface area (Å²) in [7, 11) is 2.50. The van der Waals surface area contributed by atoms with Crippen LogP contribution in [0.15, 0.2) is 150 Å². The lowest BCUT2D eigenvalue weighted by atomic mass is 10.1. The number of anilines is 1. The fraction of sp³-hybridized carbons (Fsp3) is 0.323. The summed E-state index contributed by atoms with van der Waals surface area (Å²) in [6, 6.07) is 35.0. The highest BCUT2D eigenvalue weighted by molar-refractivity contribution is 9.10. The summed E-state index contributed by atoms with van der Waals surface area (Å²) in [5.41, 5.74) is 16.1. The molecule has 0 amide bonds. The van der Waals surface area contributed by atoms with E-state index in [0.29, 0.717) is 0 Å². The molecule has 2 N–H and O–H groups in total. The standard InChI is InChI=1S/C12H15NO2Si.C9H8N2O2.C9H10N2.C7H6BrNO2.C7H7NO2.C6H4FNO2.6C2H6/c1-10-5-6-12(13(14)15)9-11(10)7-8-16(2,3)4;1-10-5-4-7-6-8(11(12)13)2-3-9(7)10;1-11-5-4-7-6-8(10)2-3-9(7)11;1-5-2-3-6(9(10)11)4-7(5)8;1-6-2-4-7(5-3-6)8(9)10;7-5-1-3-6(4-2-5)8(9)10;6*1-2/h5-6,9H,1-4H3;2-6H,1H3;2-6H,10H2,1H3;2-4H,1H3;2-5H,1H3;1-4H;6*1-2H3. The molecule has 21 heteroatoms. The highest BCUT2D eigenvalue weighted by Gasteiger charge is 2.11. The van der Waals surface area contributed by atoms with Gasteiger partial charge in [-0.2, -0.15) is 0 Å². The van der Waals surface area contributed by atoms with Crippen molar-refractivity contribution in [1.82, 2.24) is 9.13 Å². The lowest BCUT2D eigenvalue weighted by molar-refractivity contribution is -0.385. The number of hydrogen-bond donors (Lipinski definition) is 1. The second-order valence-corrected chi connectivity index (χ2v) is 22.0. The lowest BCUT2D eigenvalue weighted by Gasteiger charge is -2.04. The Morgan fingerprint density at radius 2 is 0.795 bits per heavy atom. The Morgan fingerprint density at radius 1 is 0.458 bits per heavy atom. The van der Waals surface area contributed by atoms with Crippen LogP contribution in [-0.2, 0) is 14.1 Å². The Labute approximate surface area is 499 Å². The first-order chi connectivity index (χ1) is 39.3. The summed E-state index contributed by atoms with van der Waals surface area (Å²) >= 11 is 3.21. The molecule has 0 atom stereocenters. The van der Waals surface area contributed by atoms with Crippen LogP contribution in [0.2, 0.25) is 19.6 Å². The minimum absolute atomic E-state index is 0.0959. The van der Waals surface area contributed by atoms with Crippen LogP contribution >= 0.6 is 15.9 Å². The summed E-state index contributed by atoms with van der Waals surface area (Å²) in [4.78, 5) is 49.3. The second-order valence-electron chi connectivity index (χ2n) is 16.4. The molecule has 6 aromatic carbocycles. The molecule has 2 heterocycles. The molecule has 0 aliphatic carbocycles. The fourth-order valence-corrected chi connectivity index (χ4v) is 6.60. The molecule has 0 unspecified atom stereocenters. The van der Waals surface area contributed by atoms with Gasteiger partial charge in [0.05, 0.1) is 24.6 Å². The van der Waals surface area contributed by atoms with Crippen molar-refractivity contribution in [1.29, 1.82) is 0 Å². The van der Waals surface area contributed by atoms with Crippen molar-refractivity contribution in [3.05, 3.63) is 229 Å². The largest absolute Gasteiger partial charge is 0.399 e. The van der Waals surface area contributed by atoms with Crippen LogP contribution in [0, 0.1) is 88.6 Å². The van der Waals surface area contributed by atoms with Gasteiger partial charge in [-0.1, -0.05) is 154 Å². The van der Waals surface area contributed by atoms with Crippen molar-refractivity contribution in [2.75, 3.05) is 5.73 Å². The van der Waals surface area contributed by atoms with E-state index in [1.165, 1.54) is 47.3 Å². The van der Waals surface area contributed by atoms with Crippen molar-refractivity contribution in [3.63, 3.8) is 0 Å². The van der Waals surface area contributed by atoms with Crippen LogP contribution in [-0.4, -0.2) is 41.8 Å². The second kappa shape index (κ2) is 45.1. The first-order valence-corrected chi connectivity index (χ1v) is 31.4. The summed E-state index contributed by atoms with van der Waals surface area (Å²) in [6.07, 6.45) is 3.92. The van der Waals surface area contributed by atoms with Crippen molar-refractivity contribution >= 4 is 79.9 Å². The summed E-state index contributed by atoms with van der Waals surface area (Å²) in [6.45, 7) is 36.1. The molecule has 83 heavy (non-hydrogen) atoms. The van der Waals surface area contributed by atoms with Crippen LogP contribution in [0.25, 0.3) is 21.8 Å². The van der Waals surface area contributed by atoms with E-state index in [4.69, 9.17) is 5.73 Å². The molecule has 8 aromatic rings. The van der Waals surface area contributed by atoms with Crippen LogP contribution in [0.3, 0.4) is 0 Å². The third-order valence-corrected chi connectivity index (χ3v) is 11.4. The SMILES string of the molecule is CC.CC.CC.CC.CC.CC.Cc1ccc([N+](=O)[O-])cc1.Cc1ccc([N+](=O)[O-])cc1Br.Cc1ccc([N+](=O)[O-])cc1C#C[Si](C)(C)C.Cn1ccc2cc(N)ccc21.Cn1ccc2cc([N+](=O)[O-])ccc21.O=[N+]([O-])c1ccc(F)cc1. The predicted octanol–water partition coefficient (Wildman–Crippen LogP) is 19.4. The zero-order valence-corrected chi connectivity index (χ0v) is 54.5. The molecule has 0 bridgehead atoms. The molecule has 8 rings (SSSR count). The van der Waals surface area contributed by atoms with Gasteiger partial charge in [0.25, 0.3) is 28.4 Å². The maximum atomic E-state index is 12.1. The number of benzene rings is 6. The van der Waals surface area contributed by atoms with E-state index >= 15 is 0 Å². The van der Waals surface area contributed by atoms with Gasteiger partial charge in [-0.05, 0) is 80.4 Å². The van der Waals surface area contributed by atoms with Crippen molar-refractivity contribution in [2.24, 2.45) is 14.1 Å². The molecular weight excluding hydrogens is 1140 g/mol. The van der Waals surface area contributed by atoms with E-state index in [-0.39, 0.29) is 38.3 Å². The third kappa shape index (κ3) is 32.4. The van der Waals surface area contributed by atoms with Gasteiger partial charge in [0.1, 0.15) is 13.9 Å². The van der Waals surface area contributed by atoms with Gasteiger partial charge < -0.3 is 14.9 Å². The van der Waals surface area contributed by atoms with E-state index < -0.39 is 28.7 Å². The summed E-state index contributed by atoms with van der Waals surface area (Å²) in [5, 5.41) is 53.5. The average molecular weight is 1230 g/mol. The third-order valence-electron chi connectivity index (χ3n) is 9.64. The zero-order chi connectivity index (χ0) is 65.2. The fourth-order valence-electron chi connectivity index (χ4n) is 5.72. The number of hydrogen-bond acceptors (Lipinski definition) is 11. The molecule has 452 valence electrons. The molecular formula is C62H86BrFN8O10Si. The zero-order valence-electron chi connectivity index (χ0n) is 51.9. The predicted molar refractivity (Wildman–Crippen MR) is 349 cm³/mol. The number of nitrogens with two attached hydrogens (primary N) is 1. The van der Waals surface area contributed by atoms with E-state index in [1.54, 1.807) is 42.5 Å². The number of nitrogens with zero attached hydrogens (tertiary/aromatic N) is 7. The Morgan fingerprint density at radius 3 is 1.19 bits per heavy atom. The average Bonchev–Trinajstić information content (AvgIpc) is 4.27. The Bertz CT molecular complexity index is 3190. The lowest BCUT2D eigenvalue weighted by Crippen LogP contribution is -2.16. The number of non-ortho nitro benzene ring substituents is 5. The number of nitro benzene ring substituents is 5. The molecule has 0 spiro atoms. The summed E-state index contributed by atoms with van der Waals surface area (Å²) in [5.74, 6) is 2.59. The van der Waals surface area contributed by atoms with Gasteiger partial charge in [0, 0.05) is 125 Å².